The van der Waals surface area contributed by atoms with Gasteiger partial charge in [-0.2, -0.15) is 11.8 Å². The lowest BCUT2D eigenvalue weighted by Crippen LogP contribution is -2.41. The Bertz CT molecular complexity index is 225. The minimum atomic E-state index is 0.782. The summed E-state index contributed by atoms with van der Waals surface area (Å²) < 4.78 is 0. The molecule has 3 unspecified atom stereocenters. The fourth-order valence-electron chi connectivity index (χ4n) is 3.81. The number of thioether (sulfide) groups is 1. The maximum atomic E-state index is 3.59. The lowest BCUT2D eigenvalue weighted by molar-refractivity contribution is 0.294. The Morgan fingerprint density at radius 2 is 1.83 bits per heavy atom. The highest BCUT2D eigenvalue weighted by Crippen LogP contribution is 2.40. The van der Waals surface area contributed by atoms with Crippen molar-refractivity contribution in [3.63, 3.8) is 0 Å². The van der Waals surface area contributed by atoms with Crippen molar-refractivity contribution >= 4 is 11.8 Å². The topological polar surface area (TPSA) is 12.0 Å². The van der Waals surface area contributed by atoms with Crippen molar-refractivity contribution in [3.8, 4) is 0 Å². The molecular weight excluding hydrogens is 238 g/mol. The van der Waals surface area contributed by atoms with Crippen molar-refractivity contribution in [2.75, 3.05) is 7.05 Å². The Balaban J connectivity index is 1.84. The third kappa shape index (κ3) is 4.16. The normalized spacial score (nSPS) is 34.7. The summed E-state index contributed by atoms with van der Waals surface area (Å²) in [4.78, 5) is 0. The van der Waals surface area contributed by atoms with Crippen LogP contribution in [0.5, 0.6) is 0 Å². The lowest BCUT2D eigenvalue weighted by atomic mass is 9.83. The third-order valence-corrected chi connectivity index (χ3v) is 6.61. The smallest absolute Gasteiger partial charge is 0.0206 e. The molecule has 0 aromatic carbocycles. The van der Waals surface area contributed by atoms with Crippen LogP contribution in [0.2, 0.25) is 0 Å². The van der Waals surface area contributed by atoms with E-state index in [4.69, 9.17) is 0 Å². The summed E-state index contributed by atoms with van der Waals surface area (Å²) in [6, 6.07) is 0.782. The predicted octanol–water partition coefficient (Wildman–Crippen LogP) is 4.61. The molecule has 0 aliphatic heterocycles. The molecule has 0 aromatic rings. The van der Waals surface area contributed by atoms with Gasteiger partial charge in [0.2, 0.25) is 0 Å². The SMILES string of the molecule is CCCC1CCC(NC)C(SC2CCCCC2)C1. The number of hydrogen-bond donors (Lipinski definition) is 1. The maximum Gasteiger partial charge on any atom is 0.0206 e. The number of hydrogen-bond acceptors (Lipinski definition) is 2. The highest BCUT2D eigenvalue weighted by Gasteiger charge is 2.31. The van der Waals surface area contributed by atoms with E-state index >= 15 is 0 Å². The van der Waals surface area contributed by atoms with E-state index in [1.54, 1.807) is 0 Å². The molecule has 2 aliphatic carbocycles. The minimum absolute atomic E-state index is 0.782. The van der Waals surface area contributed by atoms with Crippen LogP contribution in [0.1, 0.15) is 71.1 Å². The molecule has 0 aromatic heterocycles. The van der Waals surface area contributed by atoms with Crippen molar-refractivity contribution in [3.05, 3.63) is 0 Å². The molecule has 3 atom stereocenters. The van der Waals surface area contributed by atoms with Gasteiger partial charge >= 0.3 is 0 Å². The van der Waals surface area contributed by atoms with E-state index in [1.165, 1.54) is 64.2 Å². The summed E-state index contributed by atoms with van der Waals surface area (Å²) in [6.07, 6.45) is 14.6. The molecular formula is C16H31NS. The molecule has 18 heavy (non-hydrogen) atoms. The Kier molecular flexibility index (Phi) is 6.37. The van der Waals surface area contributed by atoms with Crippen LogP contribution in [0.25, 0.3) is 0 Å². The van der Waals surface area contributed by atoms with Gasteiger partial charge in [-0.25, -0.2) is 0 Å². The van der Waals surface area contributed by atoms with E-state index in [-0.39, 0.29) is 0 Å². The first-order valence-corrected chi connectivity index (χ1v) is 9.10. The highest BCUT2D eigenvalue weighted by molar-refractivity contribution is 8.00. The van der Waals surface area contributed by atoms with Crippen LogP contribution >= 0.6 is 11.8 Å². The molecule has 2 aliphatic rings. The van der Waals surface area contributed by atoms with Crippen LogP contribution in [0, 0.1) is 5.92 Å². The van der Waals surface area contributed by atoms with E-state index in [2.05, 4.69) is 31.1 Å². The standard InChI is InChI=1S/C16H31NS/c1-3-7-13-10-11-15(17-2)16(12-13)18-14-8-5-4-6-9-14/h13-17H,3-12H2,1-2H3. The quantitative estimate of drug-likeness (QED) is 0.782. The largest absolute Gasteiger partial charge is 0.316 e. The van der Waals surface area contributed by atoms with Crippen LogP contribution in [0.3, 0.4) is 0 Å². The van der Waals surface area contributed by atoms with Gasteiger partial charge in [0.1, 0.15) is 0 Å². The summed E-state index contributed by atoms with van der Waals surface area (Å²) in [5, 5.41) is 5.45. The Morgan fingerprint density at radius 1 is 1.06 bits per heavy atom. The van der Waals surface area contributed by atoms with Crippen LogP contribution in [-0.2, 0) is 0 Å². The fraction of sp³-hybridized carbons (Fsp3) is 1.00. The highest BCUT2D eigenvalue weighted by atomic mass is 32.2. The van der Waals surface area contributed by atoms with Gasteiger partial charge in [-0.1, -0.05) is 39.0 Å². The average Bonchev–Trinajstić information content (AvgIpc) is 2.41. The number of nitrogens with one attached hydrogen (secondary N) is 1. The first-order valence-electron chi connectivity index (χ1n) is 8.16. The lowest BCUT2D eigenvalue weighted by Gasteiger charge is -2.38. The van der Waals surface area contributed by atoms with E-state index in [0.29, 0.717) is 0 Å². The summed E-state index contributed by atoms with van der Waals surface area (Å²) in [7, 11) is 2.17. The first kappa shape index (κ1) is 14.7. The van der Waals surface area contributed by atoms with E-state index in [1.807, 2.05) is 0 Å². The molecule has 0 spiro atoms. The van der Waals surface area contributed by atoms with Gasteiger partial charge in [-0.15, -0.1) is 0 Å². The van der Waals surface area contributed by atoms with Crippen molar-refractivity contribution < 1.29 is 0 Å². The number of rotatable bonds is 5. The molecule has 2 rings (SSSR count). The van der Waals surface area contributed by atoms with Crippen LogP contribution < -0.4 is 5.32 Å². The molecule has 106 valence electrons. The van der Waals surface area contributed by atoms with Gasteiger partial charge in [0.05, 0.1) is 0 Å². The maximum absolute atomic E-state index is 3.59. The predicted molar refractivity (Wildman–Crippen MR) is 83.3 cm³/mol. The monoisotopic (exact) mass is 269 g/mol. The van der Waals surface area contributed by atoms with Crippen molar-refractivity contribution in [1.82, 2.24) is 5.32 Å². The van der Waals surface area contributed by atoms with Crippen molar-refractivity contribution in [2.45, 2.75) is 87.7 Å². The Hall–Kier alpha value is 0.310. The summed E-state index contributed by atoms with van der Waals surface area (Å²) in [5.41, 5.74) is 0. The zero-order valence-corrected chi connectivity index (χ0v) is 13.1. The molecule has 2 fully saturated rings. The van der Waals surface area contributed by atoms with E-state index in [9.17, 15) is 0 Å². The van der Waals surface area contributed by atoms with E-state index < -0.39 is 0 Å². The van der Waals surface area contributed by atoms with Gasteiger partial charge < -0.3 is 5.32 Å². The molecule has 1 nitrogen and oxygen atoms in total. The molecule has 0 saturated heterocycles. The second-order valence-corrected chi connectivity index (χ2v) is 7.84. The first-order chi connectivity index (χ1) is 8.83. The van der Waals surface area contributed by atoms with E-state index in [0.717, 1.165) is 22.5 Å². The van der Waals surface area contributed by atoms with Gasteiger partial charge in [0, 0.05) is 16.5 Å². The zero-order chi connectivity index (χ0) is 12.8. The molecule has 0 bridgehead atoms. The summed E-state index contributed by atoms with van der Waals surface area (Å²) >= 11 is 2.34. The summed E-state index contributed by atoms with van der Waals surface area (Å²) in [6.45, 7) is 2.34. The van der Waals surface area contributed by atoms with Gasteiger partial charge in [-0.3, -0.25) is 0 Å². The molecule has 0 amide bonds. The molecule has 2 saturated carbocycles. The van der Waals surface area contributed by atoms with Gasteiger partial charge in [-0.05, 0) is 45.1 Å². The minimum Gasteiger partial charge on any atom is -0.316 e. The second-order valence-electron chi connectivity index (χ2n) is 6.30. The van der Waals surface area contributed by atoms with Crippen LogP contribution in [0.15, 0.2) is 0 Å². The fourth-order valence-corrected chi connectivity index (χ4v) is 5.76. The zero-order valence-electron chi connectivity index (χ0n) is 12.3. The molecule has 0 heterocycles. The Labute approximate surface area is 118 Å². The Morgan fingerprint density at radius 3 is 2.50 bits per heavy atom. The van der Waals surface area contributed by atoms with Crippen molar-refractivity contribution in [2.24, 2.45) is 5.92 Å². The molecule has 2 heteroatoms. The second kappa shape index (κ2) is 7.79. The van der Waals surface area contributed by atoms with Gasteiger partial charge in [0.15, 0.2) is 0 Å². The van der Waals surface area contributed by atoms with Crippen molar-refractivity contribution in [1.29, 1.82) is 0 Å². The van der Waals surface area contributed by atoms with Crippen LogP contribution in [-0.4, -0.2) is 23.6 Å². The van der Waals surface area contributed by atoms with Crippen LogP contribution in [0.4, 0.5) is 0 Å². The molecule has 1 N–H and O–H groups in total. The summed E-state index contributed by atoms with van der Waals surface area (Å²) in [5.74, 6) is 1.01. The van der Waals surface area contributed by atoms with Gasteiger partial charge in [0.25, 0.3) is 0 Å². The molecule has 0 radical (unpaired) electrons. The average molecular weight is 269 g/mol. The third-order valence-electron chi connectivity index (χ3n) is 4.89.